The van der Waals surface area contributed by atoms with E-state index in [0.29, 0.717) is 6.04 Å². The van der Waals surface area contributed by atoms with Gasteiger partial charge >= 0.3 is 0 Å². The Morgan fingerprint density at radius 1 is 1.22 bits per heavy atom. The van der Waals surface area contributed by atoms with Gasteiger partial charge in [0.25, 0.3) is 0 Å². The minimum atomic E-state index is 0.619. The minimum absolute atomic E-state index is 0.619. The SMILES string of the molecule is CCCCCC(CC)NCc1ccc(C)cc1Cl. The normalized spacial score (nSPS) is 12.7. The Labute approximate surface area is 117 Å². The lowest BCUT2D eigenvalue weighted by Crippen LogP contribution is -2.27. The molecule has 0 amide bonds. The van der Waals surface area contributed by atoms with E-state index in [-0.39, 0.29) is 0 Å². The van der Waals surface area contributed by atoms with E-state index in [0.717, 1.165) is 11.6 Å². The number of halogens is 1. The lowest BCUT2D eigenvalue weighted by Gasteiger charge is -2.17. The summed E-state index contributed by atoms with van der Waals surface area (Å²) in [5, 5.41) is 4.50. The number of aryl methyl sites for hydroxylation is 1. The van der Waals surface area contributed by atoms with Crippen molar-refractivity contribution in [3.05, 3.63) is 34.3 Å². The lowest BCUT2D eigenvalue weighted by molar-refractivity contribution is 0.447. The van der Waals surface area contributed by atoms with Crippen molar-refractivity contribution in [3.8, 4) is 0 Å². The molecule has 1 aromatic carbocycles. The van der Waals surface area contributed by atoms with E-state index in [1.807, 2.05) is 6.07 Å². The number of hydrogen-bond acceptors (Lipinski definition) is 1. The summed E-state index contributed by atoms with van der Waals surface area (Å²) >= 11 is 6.24. The average Bonchev–Trinajstić information content (AvgIpc) is 2.35. The molecule has 0 saturated heterocycles. The van der Waals surface area contributed by atoms with Crippen molar-refractivity contribution in [2.45, 2.75) is 65.5 Å². The molecule has 0 aliphatic carbocycles. The van der Waals surface area contributed by atoms with Crippen molar-refractivity contribution in [1.29, 1.82) is 0 Å². The number of benzene rings is 1. The first-order chi connectivity index (χ1) is 8.67. The molecule has 1 aromatic rings. The van der Waals surface area contributed by atoms with Crippen LogP contribution in [0.2, 0.25) is 5.02 Å². The Bertz CT molecular complexity index is 349. The molecule has 0 bridgehead atoms. The predicted octanol–water partition coefficient (Wildman–Crippen LogP) is 5.10. The van der Waals surface area contributed by atoms with Crippen LogP contribution in [0.25, 0.3) is 0 Å². The van der Waals surface area contributed by atoms with E-state index < -0.39 is 0 Å². The maximum absolute atomic E-state index is 6.24. The van der Waals surface area contributed by atoms with Crippen LogP contribution in [0.3, 0.4) is 0 Å². The first kappa shape index (κ1) is 15.5. The number of nitrogens with one attached hydrogen (secondary N) is 1. The summed E-state index contributed by atoms with van der Waals surface area (Å²) in [6.45, 7) is 7.45. The monoisotopic (exact) mass is 267 g/mol. The maximum Gasteiger partial charge on any atom is 0.0453 e. The molecule has 0 fully saturated rings. The number of unbranched alkanes of at least 4 members (excludes halogenated alkanes) is 2. The molecular formula is C16H26ClN. The van der Waals surface area contributed by atoms with Crippen LogP contribution in [-0.2, 0) is 6.54 Å². The third kappa shape index (κ3) is 5.41. The second-order valence-corrected chi connectivity index (χ2v) is 5.48. The molecule has 1 rings (SSSR count). The fraction of sp³-hybridized carbons (Fsp3) is 0.625. The fourth-order valence-corrected chi connectivity index (χ4v) is 2.44. The highest BCUT2D eigenvalue weighted by Crippen LogP contribution is 2.18. The Morgan fingerprint density at radius 2 is 2.00 bits per heavy atom. The molecule has 1 atom stereocenters. The van der Waals surface area contributed by atoms with Crippen LogP contribution < -0.4 is 5.32 Å². The van der Waals surface area contributed by atoms with Gasteiger partial charge in [-0.15, -0.1) is 0 Å². The Kier molecular flexibility index (Phi) is 7.38. The molecule has 0 spiro atoms. The third-order valence-corrected chi connectivity index (χ3v) is 3.79. The van der Waals surface area contributed by atoms with E-state index >= 15 is 0 Å². The summed E-state index contributed by atoms with van der Waals surface area (Å²) in [6.07, 6.45) is 6.41. The molecule has 0 heterocycles. The van der Waals surface area contributed by atoms with Gasteiger partial charge in [0.1, 0.15) is 0 Å². The zero-order valence-corrected chi connectivity index (χ0v) is 12.7. The zero-order valence-electron chi connectivity index (χ0n) is 11.9. The molecule has 18 heavy (non-hydrogen) atoms. The van der Waals surface area contributed by atoms with E-state index in [2.05, 4.69) is 38.2 Å². The van der Waals surface area contributed by atoms with Crippen molar-refractivity contribution in [2.24, 2.45) is 0 Å². The minimum Gasteiger partial charge on any atom is -0.310 e. The van der Waals surface area contributed by atoms with Crippen LogP contribution in [0.1, 0.15) is 57.1 Å². The maximum atomic E-state index is 6.24. The third-order valence-electron chi connectivity index (χ3n) is 3.44. The summed E-state index contributed by atoms with van der Waals surface area (Å²) in [5.41, 5.74) is 2.43. The van der Waals surface area contributed by atoms with E-state index in [1.165, 1.54) is 43.2 Å². The molecular weight excluding hydrogens is 242 g/mol. The molecule has 2 heteroatoms. The highest BCUT2D eigenvalue weighted by atomic mass is 35.5. The van der Waals surface area contributed by atoms with Crippen LogP contribution in [0, 0.1) is 6.92 Å². The molecule has 1 nitrogen and oxygen atoms in total. The van der Waals surface area contributed by atoms with Crippen LogP contribution in [0.5, 0.6) is 0 Å². The standard InChI is InChI=1S/C16H26ClN/c1-4-6-7-8-15(5-2)18-12-14-10-9-13(3)11-16(14)17/h9-11,15,18H,4-8,12H2,1-3H3. The van der Waals surface area contributed by atoms with Crippen LogP contribution in [0.4, 0.5) is 0 Å². The van der Waals surface area contributed by atoms with Gasteiger partial charge in [-0.1, -0.05) is 56.8 Å². The molecule has 0 aliphatic rings. The van der Waals surface area contributed by atoms with Crippen molar-refractivity contribution in [3.63, 3.8) is 0 Å². The second-order valence-electron chi connectivity index (χ2n) is 5.08. The van der Waals surface area contributed by atoms with Gasteiger partial charge in [-0.2, -0.15) is 0 Å². The van der Waals surface area contributed by atoms with Crippen molar-refractivity contribution >= 4 is 11.6 Å². The summed E-state index contributed by atoms with van der Waals surface area (Å²) < 4.78 is 0. The van der Waals surface area contributed by atoms with Gasteiger partial charge in [0.2, 0.25) is 0 Å². The average molecular weight is 268 g/mol. The molecule has 0 aromatic heterocycles. The predicted molar refractivity (Wildman–Crippen MR) is 81.2 cm³/mol. The molecule has 0 radical (unpaired) electrons. The van der Waals surface area contributed by atoms with Gasteiger partial charge in [0.05, 0.1) is 0 Å². The van der Waals surface area contributed by atoms with Crippen molar-refractivity contribution in [1.82, 2.24) is 5.32 Å². The molecule has 102 valence electrons. The number of hydrogen-bond donors (Lipinski definition) is 1. The van der Waals surface area contributed by atoms with Crippen molar-refractivity contribution in [2.75, 3.05) is 0 Å². The van der Waals surface area contributed by atoms with Crippen LogP contribution >= 0.6 is 11.6 Å². The quantitative estimate of drug-likeness (QED) is 0.647. The van der Waals surface area contributed by atoms with Gasteiger partial charge < -0.3 is 5.32 Å². The van der Waals surface area contributed by atoms with E-state index in [1.54, 1.807) is 0 Å². The molecule has 1 N–H and O–H groups in total. The highest BCUT2D eigenvalue weighted by molar-refractivity contribution is 6.31. The van der Waals surface area contributed by atoms with Gasteiger partial charge in [-0.25, -0.2) is 0 Å². The van der Waals surface area contributed by atoms with Gasteiger partial charge in [-0.05, 0) is 37.0 Å². The summed E-state index contributed by atoms with van der Waals surface area (Å²) in [7, 11) is 0. The molecule has 1 unspecified atom stereocenters. The summed E-state index contributed by atoms with van der Waals surface area (Å²) in [5.74, 6) is 0. The van der Waals surface area contributed by atoms with E-state index in [4.69, 9.17) is 11.6 Å². The summed E-state index contributed by atoms with van der Waals surface area (Å²) in [4.78, 5) is 0. The first-order valence-electron chi connectivity index (χ1n) is 7.15. The Morgan fingerprint density at radius 3 is 2.61 bits per heavy atom. The smallest absolute Gasteiger partial charge is 0.0453 e. The fourth-order valence-electron chi connectivity index (χ4n) is 2.14. The topological polar surface area (TPSA) is 12.0 Å². The largest absolute Gasteiger partial charge is 0.310 e. The lowest BCUT2D eigenvalue weighted by atomic mass is 10.1. The van der Waals surface area contributed by atoms with Gasteiger partial charge in [0, 0.05) is 17.6 Å². The zero-order chi connectivity index (χ0) is 13.4. The summed E-state index contributed by atoms with van der Waals surface area (Å²) in [6, 6.07) is 6.91. The van der Waals surface area contributed by atoms with Gasteiger partial charge in [-0.3, -0.25) is 0 Å². The number of rotatable bonds is 8. The highest BCUT2D eigenvalue weighted by Gasteiger charge is 2.06. The van der Waals surface area contributed by atoms with Gasteiger partial charge in [0.15, 0.2) is 0 Å². The first-order valence-corrected chi connectivity index (χ1v) is 7.53. The van der Waals surface area contributed by atoms with Crippen LogP contribution in [0.15, 0.2) is 18.2 Å². The molecule has 0 aliphatic heterocycles. The Hall–Kier alpha value is -0.530. The molecule has 0 saturated carbocycles. The van der Waals surface area contributed by atoms with Crippen molar-refractivity contribution < 1.29 is 0 Å². The Balaban J connectivity index is 2.41. The second kappa shape index (κ2) is 8.55. The van der Waals surface area contributed by atoms with Crippen LogP contribution in [-0.4, -0.2) is 6.04 Å². The van der Waals surface area contributed by atoms with E-state index in [9.17, 15) is 0 Å².